The van der Waals surface area contributed by atoms with Crippen LogP contribution in [0, 0.1) is 36.0 Å². The predicted octanol–water partition coefficient (Wildman–Crippen LogP) is 7.85. The number of rotatable bonds is 4. The summed E-state index contributed by atoms with van der Waals surface area (Å²) in [7, 11) is 9.87. The second-order valence-electron chi connectivity index (χ2n) is 7.43. The van der Waals surface area contributed by atoms with Crippen molar-refractivity contribution in [1.29, 1.82) is 0 Å². The van der Waals surface area contributed by atoms with Gasteiger partial charge in [-0.25, -0.2) is 26.9 Å². The molecule has 3 rings (SSSR count). The van der Waals surface area contributed by atoms with Crippen molar-refractivity contribution in [3.05, 3.63) is 93.8 Å². The van der Waals surface area contributed by atoms with E-state index in [0.29, 0.717) is 11.1 Å². The molecule has 0 aliphatic rings. The van der Waals surface area contributed by atoms with E-state index in [1.165, 1.54) is 0 Å². The first-order valence-electron chi connectivity index (χ1n) is 9.39. The number of aromatic hydroxyl groups is 1. The first-order chi connectivity index (χ1) is 15.5. The average molecular weight is 582 g/mol. The Balaban J connectivity index is 0.00000122. The van der Waals surface area contributed by atoms with Gasteiger partial charge in [-0.05, 0) is 18.1 Å². The Bertz CT molecular complexity index is 1140. The summed E-state index contributed by atoms with van der Waals surface area (Å²) < 4.78 is 67.8. The van der Waals surface area contributed by atoms with Gasteiger partial charge in [0.05, 0.1) is 0 Å². The number of benzene rings is 3. The molecule has 0 atom stereocenters. The minimum atomic E-state index is -2.26. The van der Waals surface area contributed by atoms with Crippen molar-refractivity contribution in [1.82, 2.24) is 0 Å². The Labute approximate surface area is 206 Å². The Morgan fingerprint density at radius 1 is 0.848 bits per heavy atom. The molecule has 0 radical (unpaired) electrons. The summed E-state index contributed by atoms with van der Waals surface area (Å²) in [4.78, 5) is 3.47. The third-order valence-corrected chi connectivity index (χ3v) is 5.11. The van der Waals surface area contributed by atoms with Gasteiger partial charge in [0, 0.05) is 22.8 Å². The predicted molar refractivity (Wildman–Crippen MR) is 117 cm³/mol. The molecule has 10 heteroatoms. The van der Waals surface area contributed by atoms with Crippen LogP contribution in [0.2, 0.25) is 0 Å². The molecule has 0 aliphatic carbocycles. The van der Waals surface area contributed by atoms with Crippen molar-refractivity contribution >= 4 is 28.9 Å². The van der Waals surface area contributed by atoms with E-state index in [-0.39, 0.29) is 11.3 Å². The Kier molecular flexibility index (Phi) is 9.65. The van der Waals surface area contributed by atoms with E-state index >= 15 is 0 Å². The second-order valence-corrected chi connectivity index (χ2v) is 11.2. The zero-order chi connectivity index (χ0) is 24.9. The molecule has 3 aromatic rings. The Morgan fingerprint density at radius 2 is 1.33 bits per heavy atom. The van der Waals surface area contributed by atoms with Crippen LogP contribution in [-0.2, 0) is 26.3 Å². The molecule has 0 aliphatic heterocycles. The van der Waals surface area contributed by atoms with Crippen molar-refractivity contribution < 1.29 is 47.9 Å². The van der Waals surface area contributed by atoms with Crippen molar-refractivity contribution in [2.75, 3.05) is 0 Å². The zero-order valence-electron chi connectivity index (χ0n) is 17.7. The molecule has 0 fully saturated rings. The normalized spacial score (nSPS) is 11.3. The molecule has 0 saturated heterocycles. The molecule has 0 spiro atoms. The molecule has 1 N–H and O–H groups in total. The fourth-order valence-electron chi connectivity index (χ4n) is 3.22. The number of aliphatic imine (C=N–C) groups is 1. The third-order valence-electron chi connectivity index (χ3n) is 5.11. The molecule has 0 aromatic heterocycles. The van der Waals surface area contributed by atoms with Crippen molar-refractivity contribution in [2.45, 2.75) is 26.2 Å². The van der Waals surface area contributed by atoms with Gasteiger partial charge in [-0.3, -0.25) is 0 Å². The molecule has 0 saturated carbocycles. The second kappa shape index (κ2) is 11.6. The van der Waals surface area contributed by atoms with E-state index in [1.54, 1.807) is 19.1 Å². The first-order valence-corrected chi connectivity index (χ1v) is 15.7. The molecule has 33 heavy (non-hydrogen) atoms. The number of phenols is 1. The zero-order valence-corrected chi connectivity index (χ0v) is 21.6. The van der Waals surface area contributed by atoms with E-state index in [9.17, 15) is 27.1 Å². The van der Waals surface area contributed by atoms with Crippen molar-refractivity contribution in [2.24, 2.45) is 4.99 Å². The van der Waals surface area contributed by atoms with Crippen LogP contribution in [0.1, 0.15) is 36.1 Å². The van der Waals surface area contributed by atoms with Crippen molar-refractivity contribution in [3.63, 3.8) is 0 Å². The van der Waals surface area contributed by atoms with Gasteiger partial charge in [-0.15, -0.1) is 0 Å². The standard InChI is InChI=1S/C23H18F5NO.2ClH.Zr/c1-12-9-10-15(23(2,3)13-7-5-4-6-8-13)22(30)14(12)11-29-21-19(27)17(25)16(24)18(26)20(21)28;;;/h4-11,30H,1-3H3;2*1H;/q;;;+2/p-2. The van der Waals surface area contributed by atoms with E-state index in [0.717, 1.165) is 11.8 Å². The van der Waals surface area contributed by atoms with Gasteiger partial charge in [0.15, 0.2) is 23.3 Å². The summed E-state index contributed by atoms with van der Waals surface area (Å²) in [5, 5.41) is 10.8. The maximum atomic E-state index is 13.9. The van der Waals surface area contributed by atoms with Crippen LogP contribution in [0.5, 0.6) is 5.75 Å². The van der Waals surface area contributed by atoms with Gasteiger partial charge in [-0.2, -0.15) is 0 Å². The molecule has 0 amide bonds. The Morgan fingerprint density at radius 3 is 1.85 bits per heavy atom. The third kappa shape index (κ3) is 5.85. The van der Waals surface area contributed by atoms with E-state index in [2.05, 4.69) is 4.99 Å². The monoisotopic (exact) mass is 579 g/mol. The number of phenolic OH excluding ortho intramolecular Hbond substituents is 1. The summed E-state index contributed by atoms with van der Waals surface area (Å²) in [5.74, 6) is -10.7. The summed E-state index contributed by atoms with van der Waals surface area (Å²) >= 11 is -0.826. The topological polar surface area (TPSA) is 32.6 Å². The minimum absolute atomic E-state index is 0.112. The van der Waals surface area contributed by atoms with Crippen LogP contribution in [0.4, 0.5) is 27.6 Å². The number of nitrogens with zero attached hydrogens (tertiary/aromatic N) is 1. The van der Waals surface area contributed by atoms with Gasteiger partial charge >= 0.3 is 37.9 Å². The number of halogens is 7. The Hall–Kier alpha value is -1.76. The van der Waals surface area contributed by atoms with E-state index in [4.69, 9.17) is 17.0 Å². The van der Waals surface area contributed by atoms with Gasteiger partial charge in [0.2, 0.25) is 5.82 Å². The van der Waals surface area contributed by atoms with Crippen LogP contribution in [-0.4, -0.2) is 11.3 Å². The SMILES string of the molecule is Cc1ccc(C(C)(C)c2ccccc2)c(O)c1C=Nc1c(F)c(F)c(F)c(F)c1F.[Cl][Zr][Cl]. The fourth-order valence-corrected chi connectivity index (χ4v) is 3.22. The van der Waals surface area contributed by atoms with Crippen LogP contribution in [0.3, 0.4) is 0 Å². The van der Waals surface area contributed by atoms with Crippen LogP contribution < -0.4 is 0 Å². The molecule has 0 heterocycles. The van der Waals surface area contributed by atoms with E-state index < -0.39 is 61.0 Å². The number of hydrogen-bond donors (Lipinski definition) is 1. The van der Waals surface area contributed by atoms with Gasteiger partial charge < -0.3 is 5.11 Å². The molecular weight excluding hydrogens is 563 g/mol. The van der Waals surface area contributed by atoms with Gasteiger partial charge in [0.1, 0.15) is 11.4 Å². The summed E-state index contributed by atoms with van der Waals surface area (Å²) in [6.45, 7) is 5.40. The van der Waals surface area contributed by atoms with Crippen LogP contribution >= 0.6 is 17.0 Å². The molecule has 174 valence electrons. The molecule has 0 unspecified atom stereocenters. The van der Waals surface area contributed by atoms with E-state index in [1.807, 2.05) is 44.2 Å². The van der Waals surface area contributed by atoms with Crippen LogP contribution in [0.15, 0.2) is 47.5 Å². The summed E-state index contributed by atoms with van der Waals surface area (Å²) in [6.07, 6.45) is 0.896. The first kappa shape index (κ1) is 27.5. The van der Waals surface area contributed by atoms with Gasteiger partial charge in [-0.1, -0.05) is 56.3 Å². The fraction of sp³-hybridized carbons (Fsp3) is 0.174. The van der Waals surface area contributed by atoms with Gasteiger partial charge in [0.25, 0.3) is 0 Å². The molecule has 3 aromatic carbocycles. The van der Waals surface area contributed by atoms with Crippen LogP contribution in [0.25, 0.3) is 0 Å². The number of aryl methyl sites for hydroxylation is 1. The molecular formula is C23H18Cl2F5NOZr. The summed E-state index contributed by atoms with van der Waals surface area (Å²) in [6, 6.07) is 12.7. The van der Waals surface area contributed by atoms with Crippen molar-refractivity contribution in [3.8, 4) is 5.75 Å². The summed E-state index contributed by atoms with van der Waals surface area (Å²) in [5.41, 5.74) is 0.0859. The molecule has 0 bridgehead atoms. The maximum absolute atomic E-state index is 13.9. The average Bonchev–Trinajstić information content (AvgIpc) is 2.79. The number of hydrogen-bond acceptors (Lipinski definition) is 2. The molecule has 2 nitrogen and oxygen atoms in total. The quantitative estimate of drug-likeness (QED) is 0.145.